The van der Waals surface area contributed by atoms with E-state index in [0.29, 0.717) is 82.6 Å². The molecule has 0 saturated heterocycles. The van der Waals surface area contributed by atoms with Gasteiger partial charge in [-0.25, -0.2) is 57.3 Å². The molecule has 18 nitrogen and oxygen atoms in total. The molecular weight excluding hydrogens is 1810 g/mol. The van der Waals surface area contributed by atoms with Gasteiger partial charge in [0.25, 0.3) is 0 Å². The number of aryl methyl sites for hydroxylation is 22. The molecule has 0 spiro atoms. The first-order valence-corrected chi connectivity index (χ1v) is 50.7. The van der Waals surface area contributed by atoms with Crippen LogP contribution in [0.2, 0.25) is 0 Å². The Labute approximate surface area is 920 Å². The number of benzene rings is 6. The van der Waals surface area contributed by atoms with Gasteiger partial charge in [0, 0.05) is 226 Å². The highest BCUT2D eigenvalue weighted by Crippen LogP contribution is 2.47. The normalized spacial score (nSPS) is 17.4. The number of hydrogen-bond donors (Lipinski definition) is 0. The van der Waals surface area contributed by atoms with Crippen molar-refractivity contribution < 1.29 is 69.9 Å². The second-order valence-corrected chi connectivity index (χ2v) is 42.2. The van der Waals surface area contributed by atoms with Crippen LogP contribution in [0.4, 0.5) is 0 Å². The van der Waals surface area contributed by atoms with E-state index in [9.17, 15) is 0 Å². The maximum absolute atomic E-state index is 9.00. The summed E-state index contributed by atoms with van der Waals surface area (Å²) in [5.74, 6) is 3.74. The zero-order valence-corrected chi connectivity index (χ0v) is 88.4. The standard InChI is InChI=1S/C24H28N3.2C23H28N3.C21H24N3.C20H22N3.C19H20N3/c1-16-8-9-21-20(14-23-25-10-11-27(21)23)24(16)22-13-19(17(2)15-26(22)3)12-18-6-4-5-7-18;1-14(2)9-18-11-20(25(6)13-17(18)5)22-15(3)10-16(4)23-19(22)12-21-24-7-8-26(21)23;1-15-7-8-19-18(12-21-24-9-10-26(19)21)22(15)20-11-17(13-23(3,4)5)16(2)14-25(20)6;1-13(2)16-10-19(23(5)12-15(16)4)21-14(3)6-7-18-17(21)11-20-22-8-9-24(18)20;1-12-9-17(22(5)11-15(12)4)19-13(2)8-14(3)20-16(19)10-18-21-6-7-23(18)20;1-12-5-7-21(4)16(9-12)18-13(2)10-14(3)19-15(18)11-17-20-6-8-22(17)19/h8-11,13,15,18H,4-7,12,14H2,1-3H3;7-8,10-11,13-14H,9,12H2,1-6H3;7-11,14H,12-13H2,1-6H3;6-10,12-13H,11H2,1-5H3;6-9,11H,10H2,1-5H3;5-10H,11H2,1-4H3/q6*+1/i2D3,12D2;4D3,5D3,9D2;2D3,13D2;4D3,13D;3D3,4D3;3D3. The molecule has 18 aromatic rings. The van der Waals surface area contributed by atoms with Crippen LogP contribution in [-0.2, 0) is 99.9 Å². The number of aromatic nitrogens is 18. The summed E-state index contributed by atoms with van der Waals surface area (Å²) in [5, 5.41) is 0. The monoisotopic (exact) mass is 1990 g/mol. The van der Waals surface area contributed by atoms with E-state index in [1.165, 1.54) is 17.3 Å². The smallest absolute Gasteiger partial charge is 0.213 e. The molecule has 0 unspecified atom stereocenters. The fraction of sp³-hybridized carbons (Fsp3) is 0.354. The molecule has 1 saturated carbocycles. The Morgan fingerprint density at radius 1 is 0.331 bits per heavy atom. The molecule has 6 aromatic carbocycles. The molecule has 6 aliphatic heterocycles. The van der Waals surface area contributed by atoms with Crippen LogP contribution in [0.1, 0.15) is 302 Å². The molecule has 0 bridgehead atoms. The number of nitrogens with zero attached hydrogens (tertiary/aromatic N) is 18. The lowest BCUT2D eigenvalue weighted by Crippen LogP contribution is -2.32. The third kappa shape index (κ3) is 18.8. The van der Waals surface area contributed by atoms with Crippen LogP contribution in [0.15, 0.2) is 209 Å². The maximum Gasteiger partial charge on any atom is 0.213 e. The fourth-order valence-electron chi connectivity index (χ4n) is 22.9. The summed E-state index contributed by atoms with van der Waals surface area (Å²) in [5.41, 5.74) is 32.3. The summed E-state index contributed by atoms with van der Waals surface area (Å²) < 4.78 is 276. The van der Waals surface area contributed by atoms with Gasteiger partial charge in [-0.3, -0.25) is 0 Å². The van der Waals surface area contributed by atoms with Gasteiger partial charge < -0.3 is 27.4 Å². The first-order chi connectivity index (χ1) is 83.0. The fourth-order valence-corrected chi connectivity index (χ4v) is 22.9. The van der Waals surface area contributed by atoms with Crippen LogP contribution >= 0.6 is 0 Å². The van der Waals surface area contributed by atoms with E-state index >= 15 is 0 Å². The molecule has 0 radical (unpaired) electrons. The summed E-state index contributed by atoms with van der Waals surface area (Å²) in [4.78, 5) is 26.6. The summed E-state index contributed by atoms with van der Waals surface area (Å²) in [6.45, 7) is 9.60. The molecule has 18 heterocycles. The summed E-state index contributed by atoms with van der Waals surface area (Å²) >= 11 is 0. The highest BCUT2D eigenvalue weighted by Gasteiger charge is 2.38. The molecule has 148 heavy (non-hydrogen) atoms. The highest BCUT2D eigenvalue weighted by molar-refractivity contribution is 5.81. The van der Waals surface area contributed by atoms with Gasteiger partial charge in [-0.1, -0.05) is 111 Å². The summed E-state index contributed by atoms with van der Waals surface area (Å²) in [7, 11) is 11.1. The third-order valence-electron chi connectivity index (χ3n) is 29.7. The average molecular weight is 2000 g/mol. The van der Waals surface area contributed by atoms with E-state index in [2.05, 4.69) is 117 Å². The first kappa shape index (κ1) is 69.6. The van der Waals surface area contributed by atoms with E-state index in [1.807, 2.05) is 152 Å². The molecule has 754 valence electrons. The van der Waals surface area contributed by atoms with Crippen LogP contribution in [0.5, 0.6) is 0 Å². The minimum atomic E-state index is -2.49. The van der Waals surface area contributed by atoms with Crippen molar-refractivity contribution in [2.75, 3.05) is 0 Å². The Morgan fingerprint density at radius 2 is 0.649 bits per heavy atom. The predicted molar refractivity (Wildman–Crippen MR) is 595 cm³/mol. The van der Waals surface area contributed by atoms with Crippen molar-refractivity contribution in [2.24, 2.45) is 59.5 Å². The van der Waals surface area contributed by atoms with Crippen molar-refractivity contribution in [1.29, 1.82) is 0 Å². The van der Waals surface area contributed by atoms with Gasteiger partial charge in [-0.05, 0) is 288 Å². The van der Waals surface area contributed by atoms with Gasteiger partial charge in [0.05, 0.1) is 67.5 Å². The Balaban J connectivity index is 0.000000125. The number of fused-ring (bicyclic) bond motifs is 18. The minimum absolute atomic E-state index is 0.0289. The SMILES string of the molecule is [2H]C([2H])([2H])c1c[n+](C)c(-c2c(C)cc(C([2H])([2H])[2H])c3c2Cc2nccn2-3)cc1C.[2H]C([2H])([2H])c1c[n+](C)c(-c2c(C)cc(C([2H])([2H])[2H])c3c2Cc2nccn2-3)cc1C([2H])([2H])C(C)C.[2H]C([2H])([2H])c1c[n+](C)c(-c2c(C)ccc3c2Cc2nccn2-3)cc1C([2H])(C)C.[2H]C([2H])([2H])c1c[n+](C)c(-c2c(C)ccc3c2Cc2nccn2-3)cc1C([2H])([2H])C(C)(C)C.[2H]C([2H])([2H])c1c[n+](C)c(-c2c(C)ccc3c2Cc2nccn2-3)cc1C([2H])([2H])C1CCCC1.[2H]C([2H])([2H])c1cc(C)c(-c2cc(C)cc[n+]2C)c2c1-n1ccnc1C2. The minimum Gasteiger partial charge on any atom is -0.303 e. The van der Waals surface area contributed by atoms with Gasteiger partial charge in [-0.2, -0.15) is 0 Å². The van der Waals surface area contributed by atoms with Crippen LogP contribution in [-0.4, -0.2) is 57.3 Å². The van der Waals surface area contributed by atoms with Crippen molar-refractivity contribution in [2.45, 2.75) is 248 Å². The number of hydrogen-bond acceptors (Lipinski definition) is 6. The van der Waals surface area contributed by atoms with Crippen LogP contribution in [0.3, 0.4) is 0 Å². The van der Waals surface area contributed by atoms with E-state index in [4.69, 9.17) is 42.5 Å². The van der Waals surface area contributed by atoms with Crippen molar-refractivity contribution >= 4 is 0 Å². The number of rotatable bonds is 12. The van der Waals surface area contributed by atoms with Gasteiger partial charge in [0.2, 0.25) is 34.2 Å². The topological polar surface area (TPSA) is 130 Å². The second-order valence-electron chi connectivity index (χ2n) is 42.2. The Kier molecular flexibility index (Phi) is 18.8. The predicted octanol–water partition coefficient (Wildman–Crippen LogP) is 24.2. The van der Waals surface area contributed by atoms with Crippen molar-refractivity contribution in [3.63, 3.8) is 0 Å². The Hall–Kier alpha value is -14.5. The molecule has 1 fully saturated rings. The zero-order valence-electron chi connectivity index (χ0n) is 119. The van der Waals surface area contributed by atoms with Gasteiger partial charge in [0.1, 0.15) is 77.2 Å². The van der Waals surface area contributed by atoms with Crippen LogP contribution in [0.25, 0.3) is 102 Å². The van der Waals surface area contributed by atoms with Gasteiger partial charge in [-0.15, -0.1) is 0 Å². The maximum atomic E-state index is 9.00. The molecule has 7 aliphatic rings. The molecule has 12 aromatic heterocycles. The molecule has 0 N–H and O–H groups in total. The molecule has 0 atom stereocenters. The molecule has 1 aliphatic carbocycles. The second kappa shape index (κ2) is 39.9. The summed E-state index contributed by atoms with van der Waals surface area (Å²) in [6, 6.07) is 30.9. The van der Waals surface area contributed by atoms with E-state index in [1.54, 1.807) is 164 Å². The van der Waals surface area contributed by atoms with E-state index in [0.717, 1.165) is 213 Å². The third-order valence-corrected chi connectivity index (χ3v) is 29.7. The zero-order chi connectivity index (χ0) is 131. The van der Waals surface area contributed by atoms with Gasteiger partial charge >= 0.3 is 0 Å². The highest BCUT2D eigenvalue weighted by atomic mass is 15.1. The molecule has 18 heteroatoms. The van der Waals surface area contributed by atoms with E-state index in [-0.39, 0.29) is 44.9 Å². The largest absolute Gasteiger partial charge is 0.303 e. The van der Waals surface area contributed by atoms with Crippen molar-refractivity contribution in [1.82, 2.24) is 57.3 Å². The average Bonchev–Trinajstić information content (AvgIpc) is 1.58. The lowest BCUT2D eigenvalue weighted by molar-refractivity contribution is -0.661. The van der Waals surface area contributed by atoms with Crippen molar-refractivity contribution in [3.05, 3.63) is 388 Å². The van der Waals surface area contributed by atoms with Crippen molar-refractivity contribution in [3.8, 4) is 102 Å². The number of imidazole rings is 6. The van der Waals surface area contributed by atoms with Gasteiger partial charge in [0.15, 0.2) is 37.2 Å². The summed E-state index contributed by atoms with van der Waals surface area (Å²) in [6.07, 6.45) is 33.7. The first-order valence-electron chi connectivity index (χ1n) is 66.2. The molecule has 0 amide bonds. The number of pyridine rings is 6. The van der Waals surface area contributed by atoms with Crippen LogP contribution in [0, 0.1) is 127 Å². The van der Waals surface area contributed by atoms with Crippen LogP contribution < -0.4 is 27.4 Å². The quantitative estimate of drug-likeness (QED) is 0.112. The Morgan fingerprint density at radius 3 is 1.03 bits per heavy atom. The van der Waals surface area contributed by atoms with E-state index < -0.39 is 91.2 Å². The molecule has 25 rings (SSSR count). The lowest BCUT2D eigenvalue weighted by Gasteiger charge is -2.20. The Bertz CT molecular complexity index is 9730. The molecular formula is C130H150N18+6. The lowest BCUT2D eigenvalue weighted by atomic mass is 9.85.